The van der Waals surface area contributed by atoms with Crippen molar-refractivity contribution in [2.45, 2.75) is 52.0 Å². The molecule has 92 valence electrons. The molecule has 0 aliphatic heterocycles. The van der Waals surface area contributed by atoms with E-state index in [0.717, 1.165) is 25.7 Å². The Balaban J connectivity index is 2.80. The maximum atomic E-state index is 12.2. The number of hydrogen-bond donors (Lipinski definition) is 1. The molecule has 4 heteroatoms. The van der Waals surface area contributed by atoms with E-state index >= 15 is 0 Å². The maximum Gasteiger partial charge on any atom is 0.329 e. The summed E-state index contributed by atoms with van der Waals surface area (Å²) in [5, 5.41) is 9.14. The van der Waals surface area contributed by atoms with Crippen LogP contribution in [0.1, 0.15) is 46.5 Å². The average molecular weight is 227 g/mol. The summed E-state index contributed by atoms with van der Waals surface area (Å²) < 4.78 is 0. The van der Waals surface area contributed by atoms with E-state index in [1.807, 2.05) is 6.92 Å². The smallest absolute Gasteiger partial charge is 0.329 e. The lowest BCUT2D eigenvalue weighted by Crippen LogP contribution is -2.54. The van der Waals surface area contributed by atoms with Crippen LogP contribution in [0, 0.1) is 5.92 Å². The molecule has 0 aromatic carbocycles. The molecular formula is C12H21NO3. The van der Waals surface area contributed by atoms with Crippen molar-refractivity contribution in [3.05, 3.63) is 0 Å². The molecule has 1 fully saturated rings. The Morgan fingerprint density at radius 2 is 1.81 bits per heavy atom. The third-order valence-electron chi connectivity index (χ3n) is 3.48. The SMILES string of the molecule is CCN(C(=O)C1CCCC1)C(C)(C)C(=O)O. The Morgan fingerprint density at radius 3 is 2.19 bits per heavy atom. The second-order valence-corrected chi connectivity index (χ2v) is 4.93. The van der Waals surface area contributed by atoms with E-state index in [9.17, 15) is 9.59 Å². The van der Waals surface area contributed by atoms with E-state index < -0.39 is 11.5 Å². The van der Waals surface area contributed by atoms with E-state index in [0.29, 0.717) is 6.54 Å². The van der Waals surface area contributed by atoms with E-state index in [-0.39, 0.29) is 11.8 Å². The van der Waals surface area contributed by atoms with Crippen LogP contribution in [0.25, 0.3) is 0 Å². The first-order valence-electron chi connectivity index (χ1n) is 5.96. The molecule has 0 atom stereocenters. The predicted octanol–water partition coefficient (Wildman–Crippen LogP) is 1.89. The van der Waals surface area contributed by atoms with Gasteiger partial charge in [-0.05, 0) is 33.6 Å². The van der Waals surface area contributed by atoms with Crippen LogP contribution in [0.3, 0.4) is 0 Å². The zero-order chi connectivity index (χ0) is 12.3. The summed E-state index contributed by atoms with van der Waals surface area (Å²) in [6.45, 7) is 5.46. The molecule has 0 radical (unpaired) electrons. The minimum absolute atomic E-state index is 0.00685. The Morgan fingerprint density at radius 1 is 1.31 bits per heavy atom. The Labute approximate surface area is 96.6 Å². The minimum Gasteiger partial charge on any atom is -0.480 e. The average Bonchev–Trinajstić information content (AvgIpc) is 2.70. The summed E-state index contributed by atoms with van der Waals surface area (Å²) in [5.41, 5.74) is -1.10. The first-order valence-corrected chi connectivity index (χ1v) is 5.96. The lowest BCUT2D eigenvalue weighted by molar-refractivity contribution is -0.158. The lowest BCUT2D eigenvalue weighted by Gasteiger charge is -2.36. The number of amides is 1. The van der Waals surface area contributed by atoms with Crippen molar-refractivity contribution in [2.24, 2.45) is 5.92 Å². The normalized spacial score (nSPS) is 17.4. The molecule has 0 saturated heterocycles. The summed E-state index contributed by atoms with van der Waals surface area (Å²) in [7, 11) is 0. The zero-order valence-corrected chi connectivity index (χ0v) is 10.3. The number of aliphatic carboxylic acids is 1. The molecule has 1 aliphatic rings. The second kappa shape index (κ2) is 4.85. The largest absolute Gasteiger partial charge is 0.480 e. The van der Waals surface area contributed by atoms with Gasteiger partial charge in [0, 0.05) is 12.5 Å². The molecule has 16 heavy (non-hydrogen) atoms. The molecule has 1 rings (SSSR count). The minimum atomic E-state index is -1.10. The third-order valence-corrected chi connectivity index (χ3v) is 3.48. The summed E-state index contributed by atoms with van der Waals surface area (Å²) in [4.78, 5) is 24.8. The van der Waals surface area contributed by atoms with Crippen LogP contribution in [0.5, 0.6) is 0 Å². The van der Waals surface area contributed by atoms with Crippen molar-refractivity contribution >= 4 is 11.9 Å². The number of nitrogens with zero attached hydrogens (tertiary/aromatic N) is 1. The van der Waals surface area contributed by atoms with Gasteiger partial charge < -0.3 is 10.0 Å². The number of likely N-dealkylation sites (N-methyl/N-ethyl adjacent to an activating group) is 1. The van der Waals surface area contributed by atoms with Crippen molar-refractivity contribution in [3.63, 3.8) is 0 Å². The van der Waals surface area contributed by atoms with Crippen molar-refractivity contribution < 1.29 is 14.7 Å². The maximum absolute atomic E-state index is 12.2. The van der Waals surface area contributed by atoms with Crippen LogP contribution < -0.4 is 0 Å². The lowest BCUT2D eigenvalue weighted by atomic mass is 9.98. The Bertz CT molecular complexity index is 280. The quantitative estimate of drug-likeness (QED) is 0.797. The van der Waals surface area contributed by atoms with E-state index in [4.69, 9.17) is 5.11 Å². The van der Waals surface area contributed by atoms with Gasteiger partial charge in [-0.1, -0.05) is 12.8 Å². The van der Waals surface area contributed by atoms with Crippen molar-refractivity contribution in [1.82, 2.24) is 4.90 Å². The predicted molar refractivity (Wildman–Crippen MR) is 61.1 cm³/mol. The van der Waals surface area contributed by atoms with Crippen LogP contribution in [0.15, 0.2) is 0 Å². The van der Waals surface area contributed by atoms with E-state index in [2.05, 4.69) is 0 Å². The molecule has 0 aromatic rings. The number of carbonyl (C=O) groups excluding carboxylic acids is 1. The second-order valence-electron chi connectivity index (χ2n) is 4.93. The van der Waals surface area contributed by atoms with Crippen LogP contribution >= 0.6 is 0 Å². The number of carboxylic acids is 1. The molecule has 0 heterocycles. The van der Waals surface area contributed by atoms with Gasteiger partial charge >= 0.3 is 5.97 Å². The first kappa shape index (κ1) is 13.0. The van der Waals surface area contributed by atoms with Gasteiger partial charge in [0.25, 0.3) is 0 Å². The molecule has 1 N–H and O–H groups in total. The highest BCUT2D eigenvalue weighted by molar-refractivity contribution is 5.87. The molecule has 0 bridgehead atoms. The summed E-state index contributed by atoms with van der Waals surface area (Å²) in [5.74, 6) is -0.897. The molecule has 0 aromatic heterocycles. The fourth-order valence-electron chi connectivity index (χ4n) is 2.34. The Kier molecular flexibility index (Phi) is 3.94. The van der Waals surface area contributed by atoms with Gasteiger partial charge in [0.1, 0.15) is 5.54 Å². The molecule has 1 aliphatic carbocycles. The summed E-state index contributed by atoms with van der Waals surface area (Å²) in [6.07, 6.45) is 3.99. The van der Waals surface area contributed by atoms with Gasteiger partial charge in [0.05, 0.1) is 0 Å². The molecule has 1 amide bonds. The number of hydrogen-bond acceptors (Lipinski definition) is 2. The van der Waals surface area contributed by atoms with Crippen LogP contribution in [-0.4, -0.2) is 34.0 Å². The van der Waals surface area contributed by atoms with Gasteiger partial charge in [0.2, 0.25) is 5.91 Å². The van der Waals surface area contributed by atoms with E-state index in [1.54, 1.807) is 13.8 Å². The highest BCUT2D eigenvalue weighted by Gasteiger charge is 2.39. The fraction of sp³-hybridized carbons (Fsp3) is 0.833. The summed E-state index contributed by atoms with van der Waals surface area (Å²) in [6, 6.07) is 0. The molecular weight excluding hydrogens is 206 g/mol. The van der Waals surface area contributed by atoms with Gasteiger partial charge in [-0.15, -0.1) is 0 Å². The molecule has 0 unspecified atom stereocenters. The van der Waals surface area contributed by atoms with Crippen LogP contribution in [0.2, 0.25) is 0 Å². The van der Waals surface area contributed by atoms with Gasteiger partial charge in [-0.2, -0.15) is 0 Å². The van der Waals surface area contributed by atoms with Crippen LogP contribution in [-0.2, 0) is 9.59 Å². The highest BCUT2D eigenvalue weighted by Crippen LogP contribution is 2.29. The number of rotatable bonds is 4. The monoisotopic (exact) mass is 227 g/mol. The molecule has 4 nitrogen and oxygen atoms in total. The standard InChI is InChI=1S/C12H21NO3/c1-4-13(12(2,3)11(15)16)10(14)9-7-5-6-8-9/h9H,4-8H2,1-3H3,(H,15,16). The summed E-state index contributed by atoms with van der Waals surface area (Å²) >= 11 is 0. The first-order chi connectivity index (χ1) is 7.41. The Hall–Kier alpha value is -1.06. The number of carboxylic acid groups (broad SMARTS) is 1. The van der Waals surface area contributed by atoms with Crippen LogP contribution in [0.4, 0.5) is 0 Å². The van der Waals surface area contributed by atoms with E-state index in [1.165, 1.54) is 4.90 Å². The van der Waals surface area contributed by atoms with Gasteiger partial charge in [-0.3, -0.25) is 4.79 Å². The zero-order valence-electron chi connectivity index (χ0n) is 10.3. The molecule has 1 saturated carbocycles. The topological polar surface area (TPSA) is 57.6 Å². The van der Waals surface area contributed by atoms with Gasteiger partial charge in [0.15, 0.2) is 0 Å². The highest BCUT2D eigenvalue weighted by atomic mass is 16.4. The third kappa shape index (κ3) is 2.36. The fourth-order valence-corrected chi connectivity index (χ4v) is 2.34. The van der Waals surface area contributed by atoms with Gasteiger partial charge in [-0.25, -0.2) is 4.79 Å². The van der Waals surface area contributed by atoms with Crippen molar-refractivity contribution in [1.29, 1.82) is 0 Å². The molecule has 0 spiro atoms. The van der Waals surface area contributed by atoms with Crippen molar-refractivity contribution in [3.8, 4) is 0 Å². The van der Waals surface area contributed by atoms with Crippen molar-refractivity contribution in [2.75, 3.05) is 6.54 Å². The number of carbonyl (C=O) groups is 2.